The van der Waals surface area contributed by atoms with E-state index in [1.807, 2.05) is 0 Å². The number of ether oxygens (including phenoxy) is 1. The summed E-state index contributed by atoms with van der Waals surface area (Å²) in [6, 6.07) is 6.27. The average molecular weight is 364 g/mol. The summed E-state index contributed by atoms with van der Waals surface area (Å²) in [5.74, 6) is -1.21. The number of benzene rings is 1. The summed E-state index contributed by atoms with van der Waals surface area (Å²) in [4.78, 5) is 41.5. The number of aromatic amines is 1. The highest BCUT2D eigenvalue weighted by molar-refractivity contribution is 8.00. The number of nitrogen functional groups attached to an aromatic ring is 1. The Kier molecular flexibility index (Phi) is 5.65. The maximum absolute atomic E-state index is 12.2. The van der Waals surface area contributed by atoms with Gasteiger partial charge >= 0.3 is 5.97 Å². The number of carboxylic acid groups (broad SMARTS) is 1. The molecule has 0 unspecified atom stereocenters. The molecule has 1 aromatic carbocycles. The van der Waals surface area contributed by atoms with Gasteiger partial charge in [-0.3, -0.25) is 19.4 Å². The average Bonchev–Trinajstić information content (AvgIpc) is 2.58. The van der Waals surface area contributed by atoms with Gasteiger partial charge in [-0.05, 0) is 31.2 Å². The molecule has 0 saturated carbocycles. The molecule has 1 atom stereocenters. The highest BCUT2D eigenvalue weighted by Crippen LogP contribution is 2.21. The molecule has 1 aromatic heterocycles. The van der Waals surface area contributed by atoms with Crippen molar-refractivity contribution in [1.82, 2.24) is 9.97 Å². The number of methoxy groups -OCH3 is 1. The lowest BCUT2D eigenvalue weighted by molar-refractivity contribution is -0.136. The number of nitrogens with two attached hydrogens (primary N) is 1. The van der Waals surface area contributed by atoms with Crippen molar-refractivity contribution in [3.05, 3.63) is 40.2 Å². The van der Waals surface area contributed by atoms with Crippen molar-refractivity contribution in [3.8, 4) is 5.75 Å². The molecule has 0 radical (unpaired) electrons. The standard InChI is InChI=1S/C15H16N4O5S/c1-7(14(22)23)25-15-18-11(16)10(13(21)19-15)17-12(20)8-3-5-9(24-2)6-4-8/h3-7H,1-2H3,(H,17,20)(H,22,23)(H3,16,18,19,21)/t7-/m0/s1. The third kappa shape index (κ3) is 4.51. The summed E-state index contributed by atoms with van der Waals surface area (Å²) in [7, 11) is 1.51. The number of nitrogens with one attached hydrogen (secondary N) is 2. The van der Waals surface area contributed by atoms with E-state index in [1.54, 1.807) is 12.1 Å². The van der Waals surface area contributed by atoms with Crippen molar-refractivity contribution < 1.29 is 19.4 Å². The fourth-order valence-electron chi connectivity index (χ4n) is 1.79. The van der Waals surface area contributed by atoms with Gasteiger partial charge in [0.25, 0.3) is 11.5 Å². The molecule has 0 saturated heterocycles. The molecular formula is C15H16N4O5S. The van der Waals surface area contributed by atoms with Gasteiger partial charge in [0.05, 0.1) is 7.11 Å². The molecule has 0 aliphatic carbocycles. The number of amides is 1. The lowest BCUT2D eigenvalue weighted by atomic mass is 10.2. The van der Waals surface area contributed by atoms with E-state index in [0.29, 0.717) is 11.3 Å². The number of H-pyrrole nitrogens is 1. The van der Waals surface area contributed by atoms with Gasteiger partial charge in [-0.15, -0.1) is 0 Å². The molecule has 0 fully saturated rings. The first kappa shape index (κ1) is 18.3. The Morgan fingerprint density at radius 2 is 2.00 bits per heavy atom. The largest absolute Gasteiger partial charge is 0.497 e. The number of rotatable bonds is 6. The molecule has 2 aromatic rings. The Balaban J connectivity index is 2.20. The first-order chi connectivity index (χ1) is 11.8. The quantitative estimate of drug-likeness (QED) is 0.441. The van der Waals surface area contributed by atoms with Crippen LogP contribution in [0.3, 0.4) is 0 Å². The van der Waals surface area contributed by atoms with E-state index in [0.717, 1.165) is 11.8 Å². The van der Waals surface area contributed by atoms with E-state index in [1.165, 1.54) is 26.2 Å². The maximum atomic E-state index is 12.2. The molecule has 0 aliphatic heterocycles. The van der Waals surface area contributed by atoms with E-state index in [-0.39, 0.29) is 16.7 Å². The first-order valence-corrected chi connectivity index (χ1v) is 7.94. The van der Waals surface area contributed by atoms with Crippen LogP contribution >= 0.6 is 11.8 Å². The van der Waals surface area contributed by atoms with E-state index in [4.69, 9.17) is 15.6 Å². The lowest BCUT2D eigenvalue weighted by Crippen LogP contribution is -2.23. The normalized spacial score (nSPS) is 11.6. The molecule has 5 N–H and O–H groups in total. The van der Waals surface area contributed by atoms with Crippen LogP contribution in [-0.4, -0.2) is 39.3 Å². The molecule has 1 heterocycles. The molecule has 0 spiro atoms. The van der Waals surface area contributed by atoms with E-state index in [9.17, 15) is 14.4 Å². The number of hydrogen-bond acceptors (Lipinski definition) is 7. The van der Waals surface area contributed by atoms with Crippen LogP contribution in [0.4, 0.5) is 11.5 Å². The van der Waals surface area contributed by atoms with Gasteiger partial charge < -0.3 is 20.9 Å². The monoisotopic (exact) mass is 364 g/mol. The topological polar surface area (TPSA) is 147 Å². The highest BCUT2D eigenvalue weighted by atomic mass is 32.2. The van der Waals surface area contributed by atoms with Crippen molar-refractivity contribution >= 4 is 35.1 Å². The van der Waals surface area contributed by atoms with Crippen molar-refractivity contribution in [2.75, 3.05) is 18.2 Å². The van der Waals surface area contributed by atoms with E-state index >= 15 is 0 Å². The van der Waals surface area contributed by atoms with Gasteiger partial charge in [0.1, 0.15) is 16.7 Å². The van der Waals surface area contributed by atoms with Gasteiger partial charge in [-0.25, -0.2) is 4.98 Å². The van der Waals surface area contributed by atoms with Gasteiger partial charge in [0.15, 0.2) is 11.0 Å². The third-order valence-electron chi connectivity index (χ3n) is 3.15. The Morgan fingerprint density at radius 1 is 1.36 bits per heavy atom. The van der Waals surface area contributed by atoms with Gasteiger partial charge in [0.2, 0.25) is 0 Å². The molecule has 2 rings (SSSR count). The van der Waals surface area contributed by atoms with E-state index in [2.05, 4.69) is 15.3 Å². The number of anilines is 2. The molecule has 1 amide bonds. The SMILES string of the molecule is COc1ccc(C(=O)Nc2c(N)nc(S[C@@H](C)C(=O)O)[nH]c2=O)cc1. The first-order valence-electron chi connectivity index (χ1n) is 7.06. The number of carbonyl (C=O) groups excluding carboxylic acids is 1. The van der Waals surface area contributed by atoms with Crippen molar-refractivity contribution in [2.45, 2.75) is 17.3 Å². The second-order valence-electron chi connectivity index (χ2n) is 4.91. The predicted octanol–water partition coefficient (Wildman–Crippen LogP) is 1.18. The fourth-order valence-corrected chi connectivity index (χ4v) is 2.53. The Labute approximate surface area is 146 Å². The second kappa shape index (κ2) is 7.71. The number of hydrogen-bond donors (Lipinski definition) is 4. The minimum Gasteiger partial charge on any atom is -0.497 e. The molecule has 132 valence electrons. The summed E-state index contributed by atoms with van der Waals surface area (Å²) in [5, 5.41) is 10.5. The van der Waals surface area contributed by atoms with Crippen LogP contribution in [0.15, 0.2) is 34.2 Å². The fraction of sp³-hybridized carbons (Fsp3) is 0.200. The van der Waals surface area contributed by atoms with Crippen LogP contribution in [0.2, 0.25) is 0 Å². The van der Waals surface area contributed by atoms with Crippen LogP contribution in [0, 0.1) is 0 Å². The maximum Gasteiger partial charge on any atom is 0.316 e. The molecule has 10 heteroatoms. The minimum absolute atomic E-state index is 0.0554. The number of aromatic nitrogens is 2. The van der Waals surface area contributed by atoms with Gasteiger partial charge in [-0.2, -0.15) is 0 Å². The zero-order chi connectivity index (χ0) is 18.6. The second-order valence-corrected chi connectivity index (χ2v) is 6.24. The molecule has 0 aliphatic rings. The molecule has 25 heavy (non-hydrogen) atoms. The summed E-state index contributed by atoms with van der Waals surface area (Å²) >= 11 is 0.835. The Hall–Kier alpha value is -3.01. The van der Waals surface area contributed by atoms with Crippen molar-refractivity contribution in [3.63, 3.8) is 0 Å². The summed E-state index contributed by atoms with van der Waals surface area (Å²) < 4.78 is 5.01. The zero-order valence-electron chi connectivity index (χ0n) is 13.4. The van der Waals surface area contributed by atoms with Gasteiger partial charge in [0, 0.05) is 5.56 Å². The number of carbonyl (C=O) groups is 2. The number of aliphatic carboxylic acids is 1. The van der Waals surface area contributed by atoms with Crippen molar-refractivity contribution in [2.24, 2.45) is 0 Å². The highest BCUT2D eigenvalue weighted by Gasteiger charge is 2.18. The molecule has 0 bridgehead atoms. The Bertz CT molecular complexity index is 850. The summed E-state index contributed by atoms with van der Waals surface area (Å²) in [6.45, 7) is 1.45. The lowest BCUT2D eigenvalue weighted by Gasteiger charge is -2.10. The number of carboxylic acids is 1. The molecule has 9 nitrogen and oxygen atoms in total. The summed E-state index contributed by atoms with van der Waals surface area (Å²) in [5.41, 5.74) is 5.15. The number of thioether (sulfide) groups is 1. The van der Waals surface area contributed by atoms with Crippen LogP contribution in [-0.2, 0) is 4.79 Å². The zero-order valence-corrected chi connectivity index (χ0v) is 14.2. The third-order valence-corrected chi connectivity index (χ3v) is 4.12. The number of nitrogens with zero attached hydrogens (tertiary/aromatic N) is 1. The molecular weight excluding hydrogens is 348 g/mol. The van der Waals surface area contributed by atoms with Gasteiger partial charge in [-0.1, -0.05) is 11.8 Å². The smallest absolute Gasteiger partial charge is 0.316 e. The van der Waals surface area contributed by atoms with Crippen LogP contribution in [0.5, 0.6) is 5.75 Å². The minimum atomic E-state index is -1.05. The summed E-state index contributed by atoms with van der Waals surface area (Å²) in [6.07, 6.45) is 0. The van der Waals surface area contributed by atoms with Crippen LogP contribution < -0.4 is 21.3 Å². The predicted molar refractivity (Wildman–Crippen MR) is 93.2 cm³/mol. The Morgan fingerprint density at radius 3 is 2.52 bits per heavy atom. The van der Waals surface area contributed by atoms with Crippen LogP contribution in [0.25, 0.3) is 0 Å². The van der Waals surface area contributed by atoms with E-state index < -0.39 is 22.7 Å². The van der Waals surface area contributed by atoms with Crippen LogP contribution in [0.1, 0.15) is 17.3 Å². The van der Waals surface area contributed by atoms with Crippen molar-refractivity contribution in [1.29, 1.82) is 0 Å².